The Hall–Kier alpha value is -1.33. The fourth-order valence-corrected chi connectivity index (χ4v) is 1.99. The van der Waals surface area contributed by atoms with Crippen LogP contribution in [0, 0.1) is 0 Å². The fourth-order valence-electron chi connectivity index (χ4n) is 1.99. The van der Waals surface area contributed by atoms with E-state index in [1.165, 1.54) is 12.1 Å². The van der Waals surface area contributed by atoms with Gasteiger partial charge in [0.1, 0.15) is 11.4 Å². The molecular formula is C11H14O5. The van der Waals surface area contributed by atoms with Gasteiger partial charge >= 0.3 is 5.97 Å². The first-order valence-electron chi connectivity index (χ1n) is 5.19. The van der Waals surface area contributed by atoms with Crippen LogP contribution < -0.4 is 0 Å². The number of aliphatic hydroxyl groups is 1. The molecule has 1 aromatic rings. The second-order valence-corrected chi connectivity index (χ2v) is 4.14. The third-order valence-corrected chi connectivity index (χ3v) is 2.82. The highest BCUT2D eigenvalue weighted by molar-refractivity contribution is 5.84. The van der Waals surface area contributed by atoms with Crippen molar-refractivity contribution < 1.29 is 24.2 Å². The molecule has 2 rings (SSSR count). The summed E-state index contributed by atoms with van der Waals surface area (Å²) in [4.78, 5) is 10.7. The van der Waals surface area contributed by atoms with Crippen LogP contribution in [0.25, 0.3) is 0 Å². The number of furan rings is 1. The molecule has 1 fully saturated rings. The van der Waals surface area contributed by atoms with Gasteiger partial charge < -0.3 is 19.4 Å². The van der Waals surface area contributed by atoms with Gasteiger partial charge in [-0.3, -0.25) is 0 Å². The molecule has 0 aromatic carbocycles. The summed E-state index contributed by atoms with van der Waals surface area (Å²) in [7, 11) is 0. The van der Waals surface area contributed by atoms with E-state index >= 15 is 0 Å². The quantitative estimate of drug-likeness (QED) is 0.796. The van der Waals surface area contributed by atoms with Crippen molar-refractivity contribution in [1.29, 1.82) is 0 Å². The van der Waals surface area contributed by atoms with Crippen molar-refractivity contribution in [3.05, 3.63) is 23.7 Å². The van der Waals surface area contributed by atoms with E-state index in [1.807, 2.05) is 6.92 Å². The van der Waals surface area contributed by atoms with Crippen LogP contribution in [0.1, 0.15) is 36.1 Å². The van der Waals surface area contributed by atoms with E-state index in [4.69, 9.17) is 14.3 Å². The molecule has 16 heavy (non-hydrogen) atoms. The number of carboxylic acid groups (broad SMARTS) is 1. The molecular weight excluding hydrogens is 212 g/mol. The number of carboxylic acids is 1. The summed E-state index contributed by atoms with van der Waals surface area (Å²) in [5, 5.41) is 19.1. The third-order valence-electron chi connectivity index (χ3n) is 2.82. The predicted molar refractivity (Wildman–Crippen MR) is 54.2 cm³/mol. The van der Waals surface area contributed by atoms with Gasteiger partial charge in [0.2, 0.25) is 5.76 Å². The molecule has 5 heteroatoms. The number of rotatable bonds is 2. The van der Waals surface area contributed by atoms with E-state index in [1.54, 1.807) is 0 Å². The maximum absolute atomic E-state index is 10.7. The van der Waals surface area contributed by atoms with Crippen LogP contribution >= 0.6 is 0 Å². The minimum atomic E-state index is -1.13. The lowest BCUT2D eigenvalue weighted by molar-refractivity contribution is -0.111. The van der Waals surface area contributed by atoms with Crippen molar-refractivity contribution in [3.8, 4) is 0 Å². The SMILES string of the molecule is CC1CC(O)(c2ccc(C(=O)O)o2)CCO1. The van der Waals surface area contributed by atoms with Gasteiger partial charge in [-0.05, 0) is 19.1 Å². The normalized spacial score (nSPS) is 30.2. The first kappa shape index (κ1) is 11.2. The van der Waals surface area contributed by atoms with Crippen LogP contribution in [0.4, 0.5) is 0 Å². The Morgan fingerprint density at radius 3 is 2.88 bits per heavy atom. The second-order valence-electron chi connectivity index (χ2n) is 4.14. The van der Waals surface area contributed by atoms with Crippen LogP contribution in [0.3, 0.4) is 0 Å². The average molecular weight is 226 g/mol. The molecule has 0 radical (unpaired) electrons. The van der Waals surface area contributed by atoms with Crippen molar-refractivity contribution >= 4 is 5.97 Å². The van der Waals surface area contributed by atoms with Crippen LogP contribution in [0.5, 0.6) is 0 Å². The van der Waals surface area contributed by atoms with Gasteiger partial charge in [0.25, 0.3) is 0 Å². The molecule has 0 spiro atoms. The molecule has 2 atom stereocenters. The summed E-state index contributed by atoms with van der Waals surface area (Å²) >= 11 is 0. The van der Waals surface area contributed by atoms with Crippen LogP contribution in [0.15, 0.2) is 16.5 Å². The number of hydrogen-bond acceptors (Lipinski definition) is 4. The Kier molecular flexibility index (Phi) is 2.73. The molecule has 0 bridgehead atoms. The third kappa shape index (κ3) is 1.96. The highest BCUT2D eigenvalue weighted by Gasteiger charge is 2.38. The van der Waals surface area contributed by atoms with Gasteiger partial charge in [0.05, 0.1) is 12.7 Å². The molecule has 88 valence electrons. The van der Waals surface area contributed by atoms with Crippen LogP contribution in [-0.4, -0.2) is 28.9 Å². The molecule has 0 aliphatic carbocycles. The highest BCUT2D eigenvalue weighted by Crippen LogP contribution is 2.35. The molecule has 2 N–H and O–H groups in total. The summed E-state index contributed by atoms with van der Waals surface area (Å²) in [6.45, 7) is 2.31. The van der Waals surface area contributed by atoms with Crippen molar-refractivity contribution in [3.63, 3.8) is 0 Å². The fraction of sp³-hybridized carbons (Fsp3) is 0.545. The molecule has 1 aliphatic rings. The Labute approximate surface area is 92.6 Å². The first-order chi connectivity index (χ1) is 7.51. The largest absolute Gasteiger partial charge is 0.475 e. The van der Waals surface area contributed by atoms with E-state index in [0.29, 0.717) is 25.2 Å². The zero-order valence-electron chi connectivity index (χ0n) is 8.97. The van der Waals surface area contributed by atoms with E-state index in [-0.39, 0.29) is 11.9 Å². The van der Waals surface area contributed by atoms with Gasteiger partial charge in [-0.2, -0.15) is 0 Å². The molecule has 0 saturated carbocycles. The minimum Gasteiger partial charge on any atom is -0.475 e. The maximum Gasteiger partial charge on any atom is 0.371 e. The molecule has 1 aromatic heterocycles. The monoisotopic (exact) mass is 226 g/mol. The second kappa shape index (κ2) is 3.92. The van der Waals surface area contributed by atoms with Gasteiger partial charge in [-0.15, -0.1) is 0 Å². The highest BCUT2D eigenvalue weighted by atomic mass is 16.5. The van der Waals surface area contributed by atoms with Gasteiger partial charge in [-0.25, -0.2) is 4.79 Å². The lowest BCUT2D eigenvalue weighted by Gasteiger charge is -2.33. The van der Waals surface area contributed by atoms with E-state index in [9.17, 15) is 9.90 Å². The van der Waals surface area contributed by atoms with Gasteiger partial charge in [0, 0.05) is 12.8 Å². The van der Waals surface area contributed by atoms with E-state index < -0.39 is 11.6 Å². The average Bonchev–Trinajstić information content (AvgIpc) is 2.66. The maximum atomic E-state index is 10.7. The topological polar surface area (TPSA) is 79.9 Å². The molecule has 5 nitrogen and oxygen atoms in total. The summed E-state index contributed by atoms with van der Waals surface area (Å²) in [6.07, 6.45) is 0.779. The Balaban J connectivity index is 2.24. The zero-order chi connectivity index (χ0) is 11.8. The van der Waals surface area contributed by atoms with Crippen molar-refractivity contribution in [1.82, 2.24) is 0 Å². The lowest BCUT2D eigenvalue weighted by Crippen LogP contribution is -2.37. The smallest absolute Gasteiger partial charge is 0.371 e. The molecule has 2 unspecified atom stereocenters. The standard InChI is InChI=1S/C11H14O5/c1-7-6-11(14,4-5-15-7)9-3-2-8(16-9)10(12)13/h2-3,7,14H,4-6H2,1H3,(H,12,13). The Morgan fingerprint density at radius 2 is 2.31 bits per heavy atom. The van der Waals surface area contributed by atoms with Crippen molar-refractivity contribution in [2.24, 2.45) is 0 Å². The number of ether oxygens (including phenoxy) is 1. The Bertz CT molecular complexity index is 397. The van der Waals surface area contributed by atoms with E-state index in [2.05, 4.69) is 0 Å². The summed E-state index contributed by atoms with van der Waals surface area (Å²) in [5.74, 6) is -0.974. The first-order valence-corrected chi connectivity index (χ1v) is 5.19. The van der Waals surface area contributed by atoms with Crippen LogP contribution in [-0.2, 0) is 10.3 Å². The molecule has 1 aliphatic heterocycles. The summed E-state index contributed by atoms with van der Waals surface area (Å²) < 4.78 is 10.5. The van der Waals surface area contributed by atoms with Crippen molar-refractivity contribution in [2.45, 2.75) is 31.5 Å². The Morgan fingerprint density at radius 1 is 1.56 bits per heavy atom. The number of carbonyl (C=O) groups is 1. The molecule has 1 saturated heterocycles. The molecule has 2 heterocycles. The van der Waals surface area contributed by atoms with Gasteiger partial charge in [-0.1, -0.05) is 0 Å². The van der Waals surface area contributed by atoms with Crippen molar-refractivity contribution in [2.75, 3.05) is 6.61 Å². The van der Waals surface area contributed by atoms with Crippen LogP contribution in [0.2, 0.25) is 0 Å². The molecule has 0 amide bonds. The summed E-state index contributed by atoms with van der Waals surface area (Å²) in [5.41, 5.74) is -1.11. The number of hydrogen-bond donors (Lipinski definition) is 2. The van der Waals surface area contributed by atoms with E-state index in [0.717, 1.165) is 0 Å². The zero-order valence-corrected chi connectivity index (χ0v) is 8.97. The lowest BCUT2D eigenvalue weighted by atomic mass is 9.88. The van der Waals surface area contributed by atoms with Gasteiger partial charge in [0.15, 0.2) is 0 Å². The summed E-state index contributed by atoms with van der Waals surface area (Å²) in [6, 6.07) is 2.87. The minimum absolute atomic E-state index is 0.0582. The number of aromatic carboxylic acids is 1. The predicted octanol–water partition coefficient (Wildman–Crippen LogP) is 1.36.